The quantitative estimate of drug-likeness (QED) is 0.764. The zero-order chi connectivity index (χ0) is 9.38. The van der Waals surface area contributed by atoms with Crippen molar-refractivity contribution in [3.63, 3.8) is 0 Å². The molecule has 0 radical (unpaired) electrons. The summed E-state index contributed by atoms with van der Waals surface area (Å²) < 4.78 is 2.14. The van der Waals surface area contributed by atoms with E-state index in [-0.39, 0.29) is 0 Å². The second kappa shape index (κ2) is 3.39. The lowest BCUT2D eigenvalue weighted by Gasteiger charge is -2.33. The summed E-state index contributed by atoms with van der Waals surface area (Å²) in [5.41, 5.74) is 1.40. The van der Waals surface area contributed by atoms with Gasteiger partial charge in [0.25, 0.3) is 0 Å². The molecule has 1 atom stereocenters. The van der Waals surface area contributed by atoms with E-state index in [0.29, 0.717) is 6.04 Å². The van der Waals surface area contributed by atoms with Crippen molar-refractivity contribution in [2.45, 2.75) is 50.7 Å². The fraction of sp³-hybridized carbons (Fsp3) is 0.727. The van der Waals surface area contributed by atoms with Crippen molar-refractivity contribution in [3.8, 4) is 0 Å². The van der Waals surface area contributed by atoms with Crippen LogP contribution >= 0.6 is 0 Å². The van der Waals surface area contributed by atoms with Crippen molar-refractivity contribution in [3.05, 3.63) is 18.0 Å². The molecule has 2 aliphatic rings. The van der Waals surface area contributed by atoms with Crippen molar-refractivity contribution in [1.29, 1.82) is 0 Å². The monoisotopic (exact) mass is 191 g/mol. The van der Waals surface area contributed by atoms with E-state index in [0.717, 1.165) is 19.0 Å². The Balaban J connectivity index is 1.63. The summed E-state index contributed by atoms with van der Waals surface area (Å²) in [7, 11) is 0. The highest BCUT2D eigenvalue weighted by Gasteiger charge is 2.24. The van der Waals surface area contributed by atoms with Gasteiger partial charge < -0.3 is 5.32 Å². The summed E-state index contributed by atoms with van der Waals surface area (Å²) in [4.78, 5) is 0. The smallest absolute Gasteiger partial charge is 0.0492 e. The van der Waals surface area contributed by atoms with Crippen LogP contribution in [0.5, 0.6) is 0 Å². The van der Waals surface area contributed by atoms with Gasteiger partial charge in [-0.1, -0.05) is 6.42 Å². The molecule has 3 rings (SSSR count). The second-order valence-corrected chi connectivity index (χ2v) is 4.53. The number of hydrogen-bond acceptors (Lipinski definition) is 2. The third-order valence-corrected chi connectivity index (χ3v) is 3.53. The lowest BCUT2D eigenvalue weighted by molar-refractivity contribution is 0.272. The van der Waals surface area contributed by atoms with Crippen LogP contribution in [-0.4, -0.2) is 21.9 Å². The summed E-state index contributed by atoms with van der Waals surface area (Å²) in [6.07, 6.45) is 8.51. The van der Waals surface area contributed by atoms with Gasteiger partial charge in [0.05, 0.1) is 0 Å². The van der Waals surface area contributed by atoms with Crippen molar-refractivity contribution in [1.82, 2.24) is 15.1 Å². The number of nitrogens with zero attached hydrogens (tertiary/aromatic N) is 2. The molecule has 14 heavy (non-hydrogen) atoms. The molecule has 1 N–H and O–H groups in total. The van der Waals surface area contributed by atoms with Gasteiger partial charge in [0.1, 0.15) is 0 Å². The Morgan fingerprint density at radius 3 is 3.00 bits per heavy atom. The van der Waals surface area contributed by atoms with Gasteiger partial charge in [-0.2, -0.15) is 5.10 Å². The largest absolute Gasteiger partial charge is 0.311 e. The fourth-order valence-electron chi connectivity index (χ4n) is 2.42. The molecule has 3 heteroatoms. The van der Waals surface area contributed by atoms with Gasteiger partial charge >= 0.3 is 0 Å². The summed E-state index contributed by atoms with van der Waals surface area (Å²) in [5, 5.41) is 8.04. The van der Waals surface area contributed by atoms with Crippen molar-refractivity contribution >= 4 is 0 Å². The number of aryl methyl sites for hydroxylation is 1. The Hall–Kier alpha value is -0.830. The maximum atomic E-state index is 4.29. The predicted octanol–water partition coefficient (Wildman–Crippen LogP) is 1.34. The van der Waals surface area contributed by atoms with Crippen LogP contribution in [0.25, 0.3) is 0 Å². The molecule has 1 aromatic rings. The molecule has 3 nitrogen and oxygen atoms in total. The van der Waals surface area contributed by atoms with Crippen molar-refractivity contribution in [2.75, 3.05) is 0 Å². The first-order valence-corrected chi connectivity index (χ1v) is 5.68. The van der Waals surface area contributed by atoms with Gasteiger partial charge in [-0.05, 0) is 25.3 Å². The van der Waals surface area contributed by atoms with Crippen LogP contribution < -0.4 is 5.32 Å². The van der Waals surface area contributed by atoms with Crippen LogP contribution in [0.15, 0.2) is 12.3 Å². The third kappa shape index (κ3) is 1.46. The van der Waals surface area contributed by atoms with Crippen LogP contribution in [-0.2, 0) is 13.0 Å². The lowest BCUT2D eigenvalue weighted by atomic mass is 9.91. The van der Waals surface area contributed by atoms with Crippen molar-refractivity contribution < 1.29 is 0 Å². The standard InChI is InChI=1S/C11H17N3/c1-2-9(3-1)13-10-5-7-14-11(8-10)4-6-12-14/h4,6,9-10,13H,1-3,5,7-8H2. The van der Waals surface area contributed by atoms with Gasteiger partial charge in [-0.15, -0.1) is 0 Å². The highest BCUT2D eigenvalue weighted by atomic mass is 15.3. The Labute approximate surface area is 84.5 Å². The SMILES string of the molecule is c1cc2n(n1)CCC(NC1CCC1)C2. The average molecular weight is 191 g/mol. The third-order valence-electron chi connectivity index (χ3n) is 3.53. The molecule has 1 aliphatic carbocycles. The fourth-order valence-corrected chi connectivity index (χ4v) is 2.42. The van der Waals surface area contributed by atoms with Crippen LogP contribution in [0, 0.1) is 0 Å². The molecule has 0 amide bonds. The average Bonchev–Trinajstić information content (AvgIpc) is 2.58. The predicted molar refractivity (Wildman–Crippen MR) is 55.1 cm³/mol. The molecule has 76 valence electrons. The van der Waals surface area contributed by atoms with Gasteiger partial charge in [-0.3, -0.25) is 4.68 Å². The van der Waals surface area contributed by atoms with Crippen LogP contribution in [0.1, 0.15) is 31.4 Å². The summed E-state index contributed by atoms with van der Waals surface area (Å²) in [6, 6.07) is 3.66. The molecular weight excluding hydrogens is 174 g/mol. The van der Waals surface area contributed by atoms with E-state index in [1.54, 1.807) is 0 Å². The molecule has 0 aromatic carbocycles. The first kappa shape index (κ1) is 8.48. The van der Waals surface area contributed by atoms with Gasteiger partial charge in [0.2, 0.25) is 0 Å². The molecule has 1 aromatic heterocycles. The maximum Gasteiger partial charge on any atom is 0.0492 e. The van der Waals surface area contributed by atoms with Gasteiger partial charge in [0.15, 0.2) is 0 Å². The minimum absolute atomic E-state index is 0.699. The normalized spacial score (nSPS) is 27.0. The van der Waals surface area contributed by atoms with E-state index in [9.17, 15) is 0 Å². The molecule has 1 fully saturated rings. The zero-order valence-electron chi connectivity index (χ0n) is 8.45. The van der Waals surface area contributed by atoms with E-state index >= 15 is 0 Å². The number of fused-ring (bicyclic) bond motifs is 1. The van der Waals surface area contributed by atoms with Crippen LogP contribution in [0.2, 0.25) is 0 Å². The Bertz CT molecular complexity index is 314. The lowest BCUT2D eigenvalue weighted by Crippen LogP contribution is -2.45. The molecule has 0 spiro atoms. The number of aromatic nitrogens is 2. The minimum Gasteiger partial charge on any atom is -0.311 e. The Morgan fingerprint density at radius 1 is 1.29 bits per heavy atom. The van der Waals surface area contributed by atoms with Crippen LogP contribution in [0.4, 0.5) is 0 Å². The van der Waals surface area contributed by atoms with E-state index < -0.39 is 0 Å². The summed E-state index contributed by atoms with van der Waals surface area (Å²) >= 11 is 0. The Kier molecular flexibility index (Phi) is 2.05. The highest BCUT2D eigenvalue weighted by molar-refractivity contribution is 5.06. The molecule has 1 saturated carbocycles. The summed E-state index contributed by atoms with van der Waals surface area (Å²) in [5.74, 6) is 0. The Morgan fingerprint density at radius 2 is 2.21 bits per heavy atom. The number of hydrogen-bond donors (Lipinski definition) is 1. The highest BCUT2D eigenvalue weighted by Crippen LogP contribution is 2.21. The molecular formula is C11H17N3. The van der Waals surface area contributed by atoms with E-state index in [4.69, 9.17) is 0 Å². The van der Waals surface area contributed by atoms with Crippen molar-refractivity contribution in [2.24, 2.45) is 0 Å². The zero-order valence-corrected chi connectivity index (χ0v) is 8.45. The second-order valence-electron chi connectivity index (χ2n) is 4.53. The first-order chi connectivity index (χ1) is 6.92. The minimum atomic E-state index is 0.699. The maximum absolute atomic E-state index is 4.29. The van der Waals surface area contributed by atoms with E-state index in [1.807, 2.05) is 6.20 Å². The topological polar surface area (TPSA) is 29.9 Å². The number of nitrogens with one attached hydrogen (secondary N) is 1. The van der Waals surface area contributed by atoms with Gasteiger partial charge in [0, 0.05) is 36.9 Å². The van der Waals surface area contributed by atoms with Gasteiger partial charge in [-0.25, -0.2) is 0 Å². The van der Waals surface area contributed by atoms with Crippen LogP contribution in [0.3, 0.4) is 0 Å². The molecule has 1 aliphatic heterocycles. The van der Waals surface area contributed by atoms with E-state index in [1.165, 1.54) is 31.4 Å². The molecule has 0 saturated heterocycles. The number of rotatable bonds is 2. The first-order valence-electron chi connectivity index (χ1n) is 5.68. The summed E-state index contributed by atoms with van der Waals surface area (Å²) in [6.45, 7) is 1.09. The molecule has 2 heterocycles. The molecule has 0 bridgehead atoms. The van der Waals surface area contributed by atoms with E-state index in [2.05, 4.69) is 21.2 Å². The molecule has 1 unspecified atom stereocenters.